The van der Waals surface area contributed by atoms with Crippen LogP contribution in [0.1, 0.15) is 11.6 Å². The number of phenols is 1. The molecule has 0 saturated heterocycles. The van der Waals surface area contributed by atoms with Crippen LogP contribution in [-0.4, -0.2) is 16.2 Å². The maximum atomic E-state index is 11.1. The summed E-state index contributed by atoms with van der Waals surface area (Å²) in [6.45, 7) is 0. The number of nitrogens with two attached hydrogens (primary N) is 1. The number of aliphatic carboxylic acids is 1. The van der Waals surface area contributed by atoms with Gasteiger partial charge in [0.05, 0.1) is 5.56 Å². The summed E-state index contributed by atoms with van der Waals surface area (Å²) in [6.07, 6.45) is 0. The van der Waals surface area contributed by atoms with Crippen molar-refractivity contribution in [3.8, 4) is 5.75 Å². The molecule has 0 saturated carbocycles. The van der Waals surface area contributed by atoms with Crippen molar-refractivity contribution in [2.24, 2.45) is 5.73 Å². The van der Waals surface area contributed by atoms with Gasteiger partial charge in [0.2, 0.25) is 0 Å². The monoisotopic (exact) mass is 235 g/mol. The Labute approximate surface area is 94.9 Å². The summed E-state index contributed by atoms with van der Waals surface area (Å²) >= 11 is 0. The van der Waals surface area contributed by atoms with Gasteiger partial charge in [-0.15, -0.1) is 0 Å². The third kappa shape index (κ3) is 1.85. The fraction of sp³-hybridized carbons (Fsp3) is 0.0909. The first-order valence-corrected chi connectivity index (χ1v) is 4.75. The number of rotatable bonds is 2. The topological polar surface area (TPSA) is 114 Å². The van der Waals surface area contributed by atoms with E-state index < -0.39 is 17.6 Å². The van der Waals surface area contributed by atoms with Crippen molar-refractivity contribution in [2.75, 3.05) is 0 Å². The average Bonchev–Trinajstić information content (AvgIpc) is 2.27. The molecule has 1 atom stereocenters. The Morgan fingerprint density at radius 1 is 1.29 bits per heavy atom. The van der Waals surface area contributed by atoms with Crippen LogP contribution in [0.3, 0.4) is 0 Å². The Morgan fingerprint density at radius 3 is 2.59 bits per heavy atom. The molecule has 0 aliphatic carbocycles. The van der Waals surface area contributed by atoms with E-state index in [4.69, 9.17) is 15.3 Å². The van der Waals surface area contributed by atoms with Gasteiger partial charge < -0.3 is 20.4 Å². The number of fused-ring (bicyclic) bond motifs is 1. The van der Waals surface area contributed by atoms with Crippen molar-refractivity contribution in [1.29, 1.82) is 0 Å². The third-order valence-electron chi connectivity index (χ3n) is 2.38. The molecule has 2 aromatic rings. The molecule has 88 valence electrons. The van der Waals surface area contributed by atoms with Crippen LogP contribution in [0.4, 0.5) is 0 Å². The Morgan fingerprint density at radius 2 is 1.94 bits per heavy atom. The summed E-state index contributed by atoms with van der Waals surface area (Å²) in [5.41, 5.74) is 4.69. The van der Waals surface area contributed by atoms with Gasteiger partial charge in [0.15, 0.2) is 0 Å². The molecule has 0 fully saturated rings. The van der Waals surface area contributed by atoms with Gasteiger partial charge in [0.25, 0.3) is 0 Å². The van der Waals surface area contributed by atoms with E-state index in [9.17, 15) is 14.7 Å². The van der Waals surface area contributed by atoms with Gasteiger partial charge in [-0.05, 0) is 18.2 Å². The highest BCUT2D eigenvalue weighted by Crippen LogP contribution is 2.30. The first-order chi connectivity index (χ1) is 8.00. The van der Waals surface area contributed by atoms with Gasteiger partial charge in [-0.3, -0.25) is 4.79 Å². The molecule has 0 aliphatic heterocycles. The first kappa shape index (κ1) is 11.2. The molecule has 17 heavy (non-hydrogen) atoms. The molecule has 6 nitrogen and oxygen atoms in total. The van der Waals surface area contributed by atoms with Crippen molar-refractivity contribution in [1.82, 2.24) is 0 Å². The molecule has 0 aliphatic rings. The highest BCUT2D eigenvalue weighted by Gasteiger charge is 2.22. The van der Waals surface area contributed by atoms with Crippen LogP contribution in [0.25, 0.3) is 11.0 Å². The molecule has 0 unspecified atom stereocenters. The lowest BCUT2D eigenvalue weighted by molar-refractivity contribution is -0.138. The van der Waals surface area contributed by atoms with E-state index in [1.807, 2.05) is 0 Å². The second-order valence-electron chi connectivity index (χ2n) is 3.49. The lowest BCUT2D eigenvalue weighted by Gasteiger charge is -2.10. The molecule has 0 bridgehead atoms. The zero-order valence-electron chi connectivity index (χ0n) is 8.58. The van der Waals surface area contributed by atoms with Crippen LogP contribution in [0.15, 0.2) is 33.5 Å². The Bertz CT molecular complexity index is 646. The van der Waals surface area contributed by atoms with Crippen LogP contribution >= 0.6 is 0 Å². The van der Waals surface area contributed by atoms with Crippen LogP contribution in [0, 0.1) is 0 Å². The summed E-state index contributed by atoms with van der Waals surface area (Å²) in [5.74, 6) is -1.64. The zero-order chi connectivity index (χ0) is 12.6. The van der Waals surface area contributed by atoms with E-state index in [1.54, 1.807) is 0 Å². The molecule has 0 radical (unpaired) electrons. The van der Waals surface area contributed by atoms with Gasteiger partial charge in [-0.2, -0.15) is 0 Å². The lowest BCUT2D eigenvalue weighted by Crippen LogP contribution is -2.21. The molecule has 2 rings (SSSR count). The number of benzene rings is 1. The highest BCUT2D eigenvalue weighted by molar-refractivity contribution is 5.88. The lowest BCUT2D eigenvalue weighted by atomic mass is 10.0. The minimum absolute atomic E-state index is 0.00704. The van der Waals surface area contributed by atoms with Crippen molar-refractivity contribution in [3.05, 3.63) is 40.2 Å². The summed E-state index contributed by atoms with van der Waals surface area (Å²) in [6, 6.07) is 4.03. The number of carbonyl (C=O) groups is 1. The number of hydrogen-bond acceptors (Lipinski definition) is 5. The molecular formula is C11H9NO5. The molecule has 1 aromatic heterocycles. The normalized spacial score (nSPS) is 12.5. The summed E-state index contributed by atoms with van der Waals surface area (Å²) in [7, 11) is 0. The van der Waals surface area contributed by atoms with Crippen molar-refractivity contribution in [2.45, 2.75) is 6.04 Å². The van der Waals surface area contributed by atoms with Crippen LogP contribution in [0.5, 0.6) is 5.75 Å². The SMILES string of the molecule is N[C@H](C(=O)O)c1c(O)ccc2ccc(=O)oc12. The second kappa shape index (κ2) is 3.91. The number of hydrogen-bond donors (Lipinski definition) is 3. The number of carboxylic acids is 1. The van der Waals surface area contributed by atoms with Crippen LogP contribution in [0.2, 0.25) is 0 Å². The molecule has 1 aromatic carbocycles. The largest absolute Gasteiger partial charge is 0.507 e. The zero-order valence-corrected chi connectivity index (χ0v) is 8.58. The Balaban J connectivity index is 2.83. The van der Waals surface area contributed by atoms with Crippen molar-refractivity contribution < 1.29 is 19.4 Å². The average molecular weight is 235 g/mol. The maximum Gasteiger partial charge on any atom is 0.336 e. The van der Waals surface area contributed by atoms with Crippen molar-refractivity contribution >= 4 is 16.9 Å². The summed E-state index contributed by atoms with van der Waals surface area (Å²) in [4.78, 5) is 21.9. The number of carboxylic acid groups (broad SMARTS) is 1. The molecular weight excluding hydrogens is 226 g/mol. The molecule has 6 heteroatoms. The standard InChI is InChI=1S/C11H9NO5/c12-9(11(15)16)8-6(13)3-1-5-2-4-7(14)17-10(5)8/h1-4,9,13H,12H2,(H,15,16)/t9-/m0/s1. The third-order valence-corrected chi connectivity index (χ3v) is 2.38. The quantitative estimate of drug-likeness (QED) is 0.656. The van der Waals surface area contributed by atoms with Gasteiger partial charge in [0, 0.05) is 11.5 Å². The van der Waals surface area contributed by atoms with E-state index >= 15 is 0 Å². The molecule has 0 spiro atoms. The van der Waals surface area contributed by atoms with E-state index in [-0.39, 0.29) is 16.9 Å². The van der Waals surface area contributed by atoms with Crippen molar-refractivity contribution in [3.63, 3.8) is 0 Å². The minimum atomic E-state index is -1.45. The van der Waals surface area contributed by atoms with Crippen LogP contribution in [-0.2, 0) is 4.79 Å². The second-order valence-corrected chi connectivity index (χ2v) is 3.49. The van der Waals surface area contributed by atoms with Gasteiger partial charge in [-0.25, -0.2) is 4.79 Å². The maximum absolute atomic E-state index is 11.1. The molecule has 4 N–H and O–H groups in total. The van der Waals surface area contributed by atoms with E-state index in [0.717, 1.165) is 0 Å². The van der Waals surface area contributed by atoms with E-state index in [0.29, 0.717) is 5.39 Å². The minimum Gasteiger partial charge on any atom is -0.507 e. The summed E-state index contributed by atoms with van der Waals surface area (Å²) in [5, 5.41) is 18.9. The van der Waals surface area contributed by atoms with Crippen LogP contribution < -0.4 is 11.4 Å². The summed E-state index contributed by atoms with van der Waals surface area (Å²) < 4.78 is 4.89. The molecule has 0 amide bonds. The Hall–Kier alpha value is -2.34. The predicted molar refractivity (Wildman–Crippen MR) is 58.7 cm³/mol. The van der Waals surface area contributed by atoms with E-state index in [2.05, 4.69) is 0 Å². The fourth-order valence-electron chi connectivity index (χ4n) is 1.57. The first-order valence-electron chi connectivity index (χ1n) is 4.75. The highest BCUT2D eigenvalue weighted by atomic mass is 16.4. The predicted octanol–water partition coefficient (Wildman–Crippen LogP) is 0.583. The number of phenolic OH excluding ortho intramolecular Hbond substituents is 1. The van der Waals surface area contributed by atoms with Gasteiger partial charge >= 0.3 is 11.6 Å². The number of aromatic hydroxyl groups is 1. The van der Waals surface area contributed by atoms with E-state index in [1.165, 1.54) is 24.3 Å². The van der Waals surface area contributed by atoms with Gasteiger partial charge in [-0.1, -0.05) is 0 Å². The fourth-order valence-corrected chi connectivity index (χ4v) is 1.57. The Kier molecular flexibility index (Phi) is 2.57. The van der Waals surface area contributed by atoms with Gasteiger partial charge in [0.1, 0.15) is 17.4 Å². The smallest absolute Gasteiger partial charge is 0.336 e. The molecule has 1 heterocycles.